The van der Waals surface area contributed by atoms with Crippen LogP contribution in [0.2, 0.25) is 0 Å². The maximum Gasteiger partial charge on any atom is 0.256 e. The van der Waals surface area contributed by atoms with Gasteiger partial charge in [-0.3, -0.25) is 9.59 Å². The van der Waals surface area contributed by atoms with E-state index in [9.17, 15) is 9.59 Å². The number of carbonyl (C=O) groups excluding carboxylic acids is 2. The molecule has 9 heteroatoms. The summed E-state index contributed by atoms with van der Waals surface area (Å²) in [6, 6.07) is 15.0. The molecule has 3 heterocycles. The van der Waals surface area contributed by atoms with E-state index in [4.69, 9.17) is 18.6 Å². The van der Waals surface area contributed by atoms with Crippen molar-refractivity contribution in [1.29, 1.82) is 0 Å². The second-order valence-corrected chi connectivity index (χ2v) is 11.0. The highest BCUT2D eigenvalue weighted by atomic mass is 32.2. The van der Waals surface area contributed by atoms with Crippen molar-refractivity contribution in [2.24, 2.45) is 5.92 Å². The third kappa shape index (κ3) is 5.59. The number of hydrogen-bond donors (Lipinski definition) is 0. The van der Waals surface area contributed by atoms with E-state index < -0.39 is 6.04 Å². The molecule has 8 nitrogen and oxygen atoms in total. The first-order valence-electron chi connectivity index (χ1n) is 13.1. The van der Waals surface area contributed by atoms with Gasteiger partial charge in [0.1, 0.15) is 11.4 Å². The van der Waals surface area contributed by atoms with Crippen LogP contribution in [-0.2, 0) is 11.2 Å². The molecule has 0 bridgehead atoms. The molecular weight excluding hydrogens is 516 g/mol. The molecule has 39 heavy (non-hydrogen) atoms. The van der Waals surface area contributed by atoms with Crippen LogP contribution in [0, 0.1) is 5.92 Å². The van der Waals surface area contributed by atoms with Gasteiger partial charge in [-0.25, -0.2) is 0 Å². The van der Waals surface area contributed by atoms with E-state index in [1.165, 1.54) is 26.9 Å². The molecule has 2 aromatic carbocycles. The van der Waals surface area contributed by atoms with Gasteiger partial charge in [-0.15, -0.1) is 11.8 Å². The smallest absolute Gasteiger partial charge is 0.256 e. The lowest BCUT2D eigenvalue weighted by molar-refractivity contribution is -0.136. The average molecular weight is 551 g/mol. The third-order valence-electron chi connectivity index (χ3n) is 7.55. The molecule has 2 aliphatic rings. The van der Waals surface area contributed by atoms with Crippen LogP contribution < -0.4 is 14.2 Å². The van der Waals surface area contributed by atoms with Gasteiger partial charge < -0.3 is 28.4 Å². The van der Waals surface area contributed by atoms with Gasteiger partial charge in [0.15, 0.2) is 11.5 Å². The Bertz CT molecular complexity index is 1250. The van der Waals surface area contributed by atoms with Crippen LogP contribution in [0.1, 0.15) is 39.7 Å². The number of rotatable bonds is 8. The first-order chi connectivity index (χ1) is 19.0. The fourth-order valence-corrected chi connectivity index (χ4v) is 6.88. The van der Waals surface area contributed by atoms with Crippen LogP contribution in [0.25, 0.3) is 0 Å². The molecule has 0 radical (unpaired) electrons. The van der Waals surface area contributed by atoms with Crippen molar-refractivity contribution in [3.63, 3.8) is 0 Å². The third-order valence-corrected chi connectivity index (χ3v) is 8.88. The summed E-state index contributed by atoms with van der Waals surface area (Å²) in [4.78, 5) is 31.6. The van der Waals surface area contributed by atoms with Crippen molar-refractivity contribution in [1.82, 2.24) is 9.80 Å². The summed E-state index contributed by atoms with van der Waals surface area (Å²) in [6.45, 7) is 1.39. The van der Waals surface area contributed by atoms with Crippen molar-refractivity contribution in [2.75, 3.05) is 40.2 Å². The molecule has 0 N–H and O–H groups in total. The second kappa shape index (κ2) is 12.1. The average Bonchev–Trinajstić information content (AvgIpc) is 3.67. The van der Waals surface area contributed by atoms with Crippen LogP contribution in [0.4, 0.5) is 0 Å². The fourth-order valence-electron chi connectivity index (χ4n) is 5.49. The van der Waals surface area contributed by atoms with E-state index in [1.807, 2.05) is 17.0 Å². The Morgan fingerprint density at radius 3 is 2.26 bits per heavy atom. The molecule has 2 fully saturated rings. The van der Waals surface area contributed by atoms with Crippen LogP contribution in [-0.4, -0.2) is 67.8 Å². The van der Waals surface area contributed by atoms with Crippen molar-refractivity contribution >= 4 is 23.6 Å². The molecule has 2 amide bonds. The number of amides is 2. The number of carbonyl (C=O) groups is 2. The molecule has 206 valence electrons. The summed E-state index contributed by atoms with van der Waals surface area (Å²) < 4.78 is 21.7. The molecule has 2 aliphatic heterocycles. The Morgan fingerprint density at radius 2 is 1.67 bits per heavy atom. The number of methoxy groups -OCH3 is 3. The SMILES string of the molecule is COc1cc(C(=O)N2C(C(=O)N3CCC(Cc4ccccc4)CC3)CSC2c2ccoc2)cc(OC)c1OC. The number of piperidine rings is 1. The van der Waals surface area contributed by atoms with E-state index in [-0.39, 0.29) is 17.2 Å². The topological polar surface area (TPSA) is 81.5 Å². The molecule has 0 spiro atoms. The van der Waals surface area contributed by atoms with Gasteiger partial charge in [0.05, 0.1) is 33.9 Å². The number of ether oxygens (including phenoxy) is 3. The highest BCUT2D eigenvalue weighted by Crippen LogP contribution is 2.45. The molecule has 0 aliphatic carbocycles. The van der Waals surface area contributed by atoms with E-state index in [0.29, 0.717) is 47.6 Å². The van der Waals surface area contributed by atoms with Gasteiger partial charge in [0.2, 0.25) is 11.7 Å². The van der Waals surface area contributed by atoms with Crippen molar-refractivity contribution in [3.8, 4) is 17.2 Å². The number of likely N-dealkylation sites (tertiary alicyclic amines) is 1. The predicted octanol–water partition coefficient (Wildman–Crippen LogP) is 5.04. The van der Waals surface area contributed by atoms with Gasteiger partial charge in [-0.2, -0.15) is 0 Å². The Kier molecular flexibility index (Phi) is 8.35. The zero-order valence-electron chi connectivity index (χ0n) is 22.5. The Hall–Kier alpha value is -3.59. The van der Waals surface area contributed by atoms with E-state index in [2.05, 4.69) is 24.3 Å². The second-order valence-electron chi connectivity index (χ2n) is 9.84. The summed E-state index contributed by atoms with van der Waals surface area (Å²) in [6.07, 6.45) is 6.15. The number of furan rings is 1. The van der Waals surface area contributed by atoms with Crippen LogP contribution in [0.3, 0.4) is 0 Å². The van der Waals surface area contributed by atoms with Gasteiger partial charge >= 0.3 is 0 Å². The van der Waals surface area contributed by atoms with Crippen molar-refractivity contribution < 1.29 is 28.2 Å². The molecule has 5 rings (SSSR count). The summed E-state index contributed by atoms with van der Waals surface area (Å²) in [5, 5.41) is -0.347. The predicted molar refractivity (Wildman–Crippen MR) is 149 cm³/mol. The van der Waals surface area contributed by atoms with Crippen molar-refractivity contribution in [2.45, 2.75) is 30.7 Å². The summed E-state index contributed by atoms with van der Waals surface area (Å²) in [5.74, 6) is 1.95. The molecule has 2 saturated heterocycles. The minimum Gasteiger partial charge on any atom is -0.493 e. The fraction of sp³-hybridized carbons (Fsp3) is 0.400. The summed E-state index contributed by atoms with van der Waals surface area (Å²) in [7, 11) is 4.55. The normalized spacial score (nSPS) is 19.7. The van der Waals surface area contributed by atoms with Crippen LogP contribution in [0.15, 0.2) is 65.5 Å². The lowest BCUT2D eigenvalue weighted by Crippen LogP contribution is -2.51. The summed E-state index contributed by atoms with van der Waals surface area (Å²) in [5.41, 5.74) is 2.54. The van der Waals surface area contributed by atoms with E-state index in [0.717, 1.165) is 24.8 Å². The van der Waals surface area contributed by atoms with Crippen LogP contribution in [0.5, 0.6) is 17.2 Å². The quantitative estimate of drug-likeness (QED) is 0.389. The maximum absolute atomic E-state index is 14.1. The first kappa shape index (κ1) is 27.0. The van der Waals surface area contributed by atoms with Crippen molar-refractivity contribution in [3.05, 3.63) is 77.7 Å². The summed E-state index contributed by atoms with van der Waals surface area (Å²) >= 11 is 1.57. The molecule has 0 saturated carbocycles. The maximum atomic E-state index is 14.1. The lowest BCUT2D eigenvalue weighted by Gasteiger charge is -2.36. The molecule has 3 aromatic rings. The van der Waals surface area contributed by atoms with Gasteiger partial charge in [0, 0.05) is 30.0 Å². The zero-order valence-corrected chi connectivity index (χ0v) is 23.3. The van der Waals surface area contributed by atoms with Gasteiger partial charge in [0.25, 0.3) is 5.91 Å². The highest BCUT2D eigenvalue weighted by Gasteiger charge is 2.45. The Morgan fingerprint density at radius 1 is 0.974 bits per heavy atom. The molecule has 2 atom stereocenters. The number of hydrogen-bond acceptors (Lipinski definition) is 7. The molecular formula is C30H34N2O6S. The zero-order chi connectivity index (χ0) is 27.4. The number of nitrogens with zero attached hydrogens (tertiary/aromatic N) is 2. The van der Waals surface area contributed by atoms with Gasteiger partial charge in [-0.1, -0.05) is 30.3 Å². The van der Waals surface area contributed by atoms with E-state index in [1.54, 1.807) is 41.3 Å². The first-order valence-corrected chi connectivity index (χ1v) is 14.2. The largest absolute Gasteiger partial charge is 0.493 e. The van der Waals surface area contributed by atoms with Crippen LogP contribution >= 0.6 is 11.8 Å². The standard InChI is InChI=1S/C30H34N2O6S/c1-35-25-16-23(17-26(36-2)27(25)37-3)28(33)32-24(19-39-30(32)22-11-14-38-18-22)29(34)31-12-9-21(10-13-31)15-20-7-5-4-6-8-20/h4-8,11,14,16-18,21,24,30H,9-10,12-13,15,19H2,1-3H3. The highest BCUT2D eigenvalue weighted by molar-refractivity contribution is 7.99. The minimum atomic E-state index is -0.591. The lowest BCUT2D eigenvalue weighted by atomic mass is 9.90. The number of thioether (sulfide) groups is 1. The van der Waals surface area contributed by atoms with E-state index >= 15 is 0 Å². The Labute approximate surface area is 233 Å². The Balaban J connectivity index is 1.37. The number of benzene rings is 2. The molecule has 2 unspecified atom stereocenters. The monoisotopic (exact) mass is 550 g/mol. The molecule has 1 aromatic heterocycles. The minimum absolute atomic E-state index is 0.00699. The van der Waals surface area contributed by atoms with Gasteiger partial charge in [-0.05, 0) is 48.9 Å².